The van der Waals surface area contributed by atoms with E-state index in [1.807, 2.05) is 49.9 Å². The van der Waals surface area contributed by atoms with Gasteiger partial charge >= 0.3 is 0 Å². The number of aryl methyl sites for hydroxylation is 2. The predicted octanol–water partition coefficient (Wildman–Crippen LogP) is 2.70. The minimum atomic E-state index is 0.0112. The molecule has 1 heterocycles. The maximum Gasteiger partial charge on any atom is 0.257 e. The van der Waals surface area contributed by atoms with Crippen molar-refractivity contribution in [1.82, 2.24) is 15.1 Å². The van der Waals surface area contributed by atoms with E-state index in [2.05, 4.69) is 10.2 Å². The summed E-state index contributed by atoms with van der Waals surface area (Å²) in [6.45, 7) is 6.91. The quantitative estimate of drug-likeness (QED) is 0.920. The number of nitrogens with zero attached hydrogens (tertiary/aromatic N) is 2. The zero-order valence-electron chi connectivity index (χ0n) is 12.9. The summed E-state index contributed by atoms with van der Waals surface area (Å²) in [5.74, 6) is 0.826. The van der Waals surface area contributed by atoms with Gasteiger partial charge in [-0.1, -0.05) is 12.1 Å². The molecule has 21 heavy (non-hydrogen) atoms. The third-order valence-electron chi connectivity index (χ3n) is 3.54. The number of carbonyl (C=O) groups is 1. The van der Waals surface area contributed by atoms with Crippen LogP contribution in [0.4, 0.5) is 0 Å². The molecule has 5 nitrogen and oxygen atoms in total. The predicted molar refractivity (Wildman–Crippen MR) is 81.5 cm³/mol. The Balaban J connectivity index is 2.17. The second-order valence-electron chi connectivity index (χ2n) is 4.98. The van der Waals surface area contributed by atoms with E-state index < -0.39 is 0 Å². The number of amides is 1. The van der Waals surface area contributed by atoms with Crippen LogP contribution in [0.15, 0.2) is 24.3 Å². The lowest BCUT2D eigenvalue weighted by atomic mass is 10.1. The van der Waals surface area contributed by atoms with E-state index in [1.165, 1.54) is 0 Å². The van der Waals surface area contributed by atoms with Gasteiger partial charge in [0.05, 0.1) is 18.4 Å². The van der Waals surface area contributed by atoms with Crippen LogP contribution in [0, 0.1) is 13.8 Å². The third-order valence-corrected chi connectivity index (χ3v) is 3.54. The average molecular weight is 287 g/mol. The molecule has 1 aromatic carbocycles. The van der Waals surface area contributed by atoms with Crippen molar-refractivity contribution in [3.63, 3.8) is 0 Å². The second kappa shape index (κ2) is 6.43. The summed E-state index contributed by atoms with van der Waals surface area (Å²) in [5, 5.41) is 6.96. The molecule has 1 N–H and O–H groups in total. The van der Waals surface area contributed by atoms with E-state index in [-0.39, 0.29) is 5.91 Å². The number of rotatable bonds is 5. The minimum absolute atomic E-state index is 0.0112. The first-order valence-electron chi connectivity index (χ1n) is 7.00. The summed E-state index contributed by atoms with van der Waals surface area (Å²) in [6, 6.07) is 7.76. The number of aromatic nitrogens is 2. The molecule has 1 amide bonds. The number of methoxy groups -OCH3 is 1. The first-order valence-corrected chi connectivity index (χ1v) is 7.00. The summed E-state index contributed by atoms with van der Waals surface area (Å²) in [4.78, 5) is 14.5. The molecular weight excluding hydrogens is 266 g/mol. The maximum absolute atomic E-state index is 12.6. The summed E-state index contributed by atoms with van der Waals surface area (Å²) in [7, 11) is 1.64. The SMILES string of the molecule is CCN(Cc1ccc(OC)cc1)C(=O)c1c(C)n[nH]c1C. The van der Waals surface area contributed by atoms with E-state index in [0.29, 0.717) is 18.7 Å². The average Bonchev–Trinajstić information content (AvgIpc) is 2.83. The van der Waals surface area contributed by atoms with Gasteiger partial charge in [-0.3, -0.25) is 9.89 Å². The molecule has 0 unspecified atom stereocenters. The molecule has 2 aromatic rings. The van der Waals surface area contributed by atoms with Gasteiger partial charge in [-0.05, 0) is 38.5 Å². The van der Waals surface area contributed by atoms with Crippen LogP contribution in [0.5, 0.6) is 5.75 Å². The van der Waals surface area contributed by atoms with E-state index >= 15 is 0 Å². The minimum Gasteiger partial charge on any atom is -0.497 e. The van der Waals surface area contributed by atoms with Crippen molar-refractivity contribution in [2.24, 2.45) is 0 Å². The summed E-state index contributed by atoms with van der Waals surface area (Å²) < 4.78 is 5.15. The molecule has 0 aliphatic heterocycles. The normalized spacial score (nSPS) is 10.5. The Hall–Kier alpha value is -2.30. The molecule has 0 saturated carbocycles. The van der Waals surface area contributed by atoms with Crippen LogP contribution in [-0.4, -0.2) is 34.7 Å². The van der Waals surface area contributed by atoms with Crippen molar-refractivity contribution in [2.75, 3.05) is 13.7 Å². The van der Waals surface area contributed by atoms with Gasteiger partial charge < -0.3 is 9.64 Å². The maximum atomic E-state index is 12.6. The fourth-order valence-electron chi connectivity index (χ4n) is 2.30. The topological polar surface area (TPSA) is 58.2 Å². The molecule has 0 radical (unpaired) electrons. The first kappa shape index (κ1) is 15.1. The van der Waals surface area contributed by atoms with Gasteiger partial charge in [0.2, 0.25) is 0 Å². The molecule has 0 spiro atoms. The Morgan fingerprint density at radius 2 is 1.95 bits per heavy atom. The van der Waals surface area contributed by atoms with E-state index in [1.54, 1.807) is 7.11 Å². The van der Waals surface area contributed by atoms with Gasteiger partial charge in [0, 0.05) is 18.8 Å². The van der Waals surface area contributed by atoms with E-state index in [4.69, 9.17) is 4.74 Å². The summed E-state index contributed by atoms with van der Waals surface area (Å²) >= 11 is 0. The first-order chi connectivity index (χ1) is 10.1. The highest BCUT2D eigenvalue weighted by Gasteiger charge is 2.20. The van der Waals surface area contributed by atoms with E-state index in [0.717, 1.165) is 22.7 Å². The van der Waals surface area contributed by atoms with Crippen LogP contribution in [0.2, 0.25) is 0 Å². The van der Waals surface area contributed by atoms with Gasteiger partial charge in [-0.2, -0.15) is 5.10 Å². The number of nitrogens with one attached hydrogen (secondary N) is 1. The standard InChI is InChI=1S/C16H21N3O2/c1-5-19(10-13-6-8-14(21-4)9-7-13)16(20)15-11(2)17-18-12(15)3/h6-9H,5,10H2,1-4H3,(H,17,18). The number of hydrogen-bond acceptors (Lipinski definition) is 3. The third kappa shape index (κ3) is 3.24. The Kier molecular flexibility index (Phi) is 4.62. The van der Waals surface area contributed by atoms with Crippen molar-refractivity contribution in [2.45, 2.75) is 27.3 Å². The van der Waals surface area contributed by atoms with Crippen LogP contribution in [-0.2, 0) is 6.54 Å². The van der Waals surface area contributed by atoms with Gasteiger partial charge in [0.15, 0.2) is 0 Å². The Labute approximate surface area is 124 Å². The van der Waals surface area contributed by atoms with Gasteiger partial charge in [-0.15, -0.1) is 0 Å². The van der Waals surface area contributed by atoms with Crippen molar-refractivity contribution in [3.8, 4) is 5.75 Å². The van der Waals surface area contributed by atoms with E-state index in [9.17, 15) is 4.79 Å². The molecule has 0 aliphatic carbocycles. The zero-order chi connectivity index (χ0) is 15.4. The number of benzene rings is 1. The second-order valence-corrected chi connectivity index (χ2v) is 4.98. The lowest BCUT2D eigenvalue weighted by molar-refractivity contribution is 0.0751. The smallest absolute Gasteiger partial charge is 0.257 e. The highest BCUT2D eigenvalue weighted by atomic mass is 16.5. The molecule has 0 bridgehead atoms. The molecule has 0 saturated heterocycles. The number of H-pyrrole nitrogens is 1. The number of carbonyl (C=O) groups excluding carboxylic acids is 1. The number of hydrogen-bond donors (Lipinski definition) is 1. The fraction of sp³-hybridized carbons (Fsp3) is 0.375. The molecule has 112 valence electrons. The van der Waals surface area contributed by atoms with Crippen LogP contribution >= 0.6 is 0 Å². The molecule has 5 heteroatoms. The van der Waals surface area contributed by atoms with Gasteiger partial charge in [0.25, 0.3) is 5.91 Å². The molecule has 1 aromatic heterocycles. The molecule has 2 rings (SSSR count). The number of ether oxygens (including phenoxy) is 1. The Morgan fingerprint density at radius 3 is 2.43 bits per heavy atom. The fourth-order valence-corrected chi connectivity index (χ4v) is 2.30. The molecule has 0 fully saturated rings. The van der Waals surface area contributed by atoms with Gasteiger partial charge in [-0.25, -0.2) is 0 Å². The lowest BCUT2D eigenvalue weighted by Gasteiger charge is -2.21. The molecule has 0 aliphatic rings. The lowest BCUT2D eigenvalue weighted by Crippen LogP contribution is -2.31. The molecular formula is C16H21N3O2. The van der Waals surface area contributed by atoms with Crippen LogP contribution in [0.1, 0.15) is 34.2 Å². The highest BCUT2D eigenvalue weighted by Crippen LogP contribution is 2.17. The highest BCUT2D eigenvalue weighted by molar-refractivity contribution is 5.96. The Bertz CT molecular complexity index is 597. The van der Waals surface area contributed by atoms with Crippen LogP contribution < -0.4 is 4.74 Å². The Morgan fingerprint density at radius 1 is 1.29 bits per heavy atom. The van der Waals surface area contributed by atoms with Crippen molar-refractivity contribution in [1.29, 1.82) is 0 Å². The zero-order valence-corrected chi connectivity index (χ0v) is 12.9. The van der Waals surface area contributed by atoms with Gasteiger partial charge in [0.1, 0.15) is 5.75 Å². The summed E-state index contributed by atoms with van der Waals surface area (Å²) in [5.41, 5.74) is 3.30. The van der Waals surface area contributed by atoms with Crippen molar-refractivity contribution < 1.29 is 9.53 Å². The number of aromatic amines is 1. The largest absolute Gasteiger partial charge is 0.497 e. The van der Waals surface area contributed by atoms with Crippen LogP contribution in [0.3, 0.4) is 0 Å². The van der Waals surface area contributed by atoms with Crippen molar-refractivity contribution >= 4 is 5.91 Å². The monoisotopic (exact) mass is 287 g/mol. The summed E-state index contributed by atoms with van der Waals surface area (Å²) in [6.07, 6.45) is 0. The van der Waals surface area contributed by atoms with Crippen molar-refractivity contribution in [3.05, 3.63) is 46.8 Å². The molecule has 0 atom stereocenters. The van der Waals surface area contributed by atoms with Crippen LogP contribution in [0.25, 0.3) is 0 Å².